The fourth-order valence-electron chi connectivity index (χ4n) is 2.10. The summed E-state index contributed by atoms with van der Waals surface area (Å²) in [6.45, 7) is 1.79. The highest BCUT2D eigenvalue weighted by molar-refractivity contribution is 6.02. The third-order valence-corrected chi connectivity index (χ3v) is 3.48. The summed E-state index contributed by atoms with van der Waals surface area (Å²) < 4.78 is 15.6. The second-order valence-electron chi connectivity index (χ2n) is 4.93. The van der Waals surface area contributed by atoms with Crippen LogP contribution in [0.1, 0.15) is 22.8 Å². The van der Waals surface area contributed by atoms with E-state index in [1.165, 1.54) is 0 Å². The molecule has 2 rings (SSSR count). The molecule has 1 amide bonds. The maximum atomic E-state index is 12.1. The number of ether oxygens (including phenoxy) is 3. The van der Waals surface area contributed by atoms with E-state index >= 15 is 0 Å². The second kappa shape index (κ2) is 8.01. The van der Waals surface area contributed by atoms with E-state index in [9.17, 15) is 4.79 Å². The van der Waals surface area contributed by atoms with Gasteiger partial charge in [0.15, 0.2) is 0 Å². The molecule has 0 saturated heterocycles. The van der Waals surface area contributed by atoms with Crippen molar-refractivity contribution in [2.45, 2.75) is 6.92 Å². The summed E-state index contributed by atoms with van der Waals surface area (Å²) in [5, 5.41) is 4.14. The third kappa shape index (κ3) is 4.04. The summed E-state index contributed by atoms with van der Waals surface area (Å²) in [6.07, 6.45) is 0. The van der Waals surface area contributed by atoms with E-state index in [4.69, 9.17) is 14.2 Å². The van der Waals surface area contributed by atoms with Crippen molar-refractivity contribution in [3.8, 4) is 17.2 Å². The molecule has 0 saturated carbocycles. The minimum atomic E-state index is -0.301. The molecule has 126 valence electrons. The van der Waals surface area contributed by atoms with E-state index in [1.54, 1.807) is 58.6 Å². The van der Waals surface area contributed by atoms with Crippen molar-refractivity contribution in [1.29, 1.82) is 0 Å². The van der Waals surface area contributed by atoms with Crippen molar-refractivity contribution >= 4 is 11.6 Å². The fraction of sp³-hybridized carbons (Fsp3) is 0.222. The molecule has 1 N–H and O–H groups in total. The zero-order valence-corrected chi connectivity index (χ0v) is 14.1. The molecule has 2 aromatic carbocycles. The van der Waals surface area contributed by atoms with Crippen molar-refractivity contribution in [3.05, 3.63) is 53.6 Å². The van der Waals surface area contributed by atoms with Crippen LogP contribution >= 0.6 is 0 Å². The van der Waals surface area contributed by atoms with Gasteiger partial charge in [-0.15, -0.1) is 0 Å². The lowest BCUT2D eigenvalue weighted by atomic mass is 10.1. The quantitative estimate of drug-likeness (QED) is 0.654. The van der Waals surface area contributed by atoms with Gasteiger partial charge < -0.3 is 14.2 Å². The number of amides is 1. The minimum absolute atomic E-state index is 0.301. The van der Waals surface area contributed by atoms with Crippen molar-refractivity contribution in [1.82, 2.24) is 5.43 Å². The smallest absolute Gasteiger partial charge is 0.271 e. The Bertz CT molecular complexity index is 739. The summed E-state index contributed by atoms with van der Waals surface area (Å²) in [7, 11) is 4.73. The van der Waals surface area contributed by atoms with Crippen LogP contribution < -0.4 is 19.6 Å². The largest absolute Gasteiger partial charge is 0.497 e. The van der Waals surface area contributed by atoms with E-state index in [-0.39, 0.29) is 5.91 Å². The Labute approximate surface area is 141 Å². The zero-order valence-electron chi connectivity index (χ0n) is 14.1. The van der Waals surface area contributed by atoms with Gasteiger partial charge in [-0.2, -0.15) is 5.10 Å². The first kappa shape index (κ1) is 17.3. The number of nitrogens with zero attached hydrogens (tertiary/aromatic N) is 1. The van der Waals surface area contributed by atoms with Gasteiger partial charge >= 0.3 is 0 Å². The van der Waals surface area contributed by atoms with Gasteiger partial charge in [-0.25, -0.2) is 5.43 Å². The molecular weight excluding hydrogens is 308 g/mol. The number of methoxy groups -OCH3 is 3. The standard InChI is InChI=1S/C18H20N2O4/c1-12(16-10-9-15(23-3)11-17(16)24-4)19-20-18(21)13-5-7-14(22-2)8-6-13/h5-11H,1-4H3,(H,20,21)/b19-12+. The van der Waals surface area contributed by atoms with Crippen LogP contribution in [0.25, 0.3) is 0 Å². The molecule has 0 radical (unpaired) electrons. The highest BCUT2D eigenvalue weighted by Crippen LogP contribution is 2.25. The molecule has 0 atom stereocenters. The fourth-order valence-corrected chi connectivity index (χ4v) is 2.10. The number of benzene rings is 2. The maximum absolute atomic E-state index is 12.1. The third-order valence-electron chi connectivity index (χ3n) is 3.48. The van der Waals surface area contributed by atoms with Crippen molar-refractivity contribution in [2.24, 2.45) is 5.10 Å². The van der Waals surface area contributed by atoms with Crippen molar-refractivity contribution in [2.75, 3.05) is 21.3 Å². The van der Waals surface area contributed by atoms with E-state index in [1.807, 2.05) is 12.1 Å². The van der Waals surface area contributed by atoms with Crippen LogP contribution in [0, 0.1) is 0 Å². The SMILES string of the molecule is COc1ccc(C(=O)N/N=C(\C)c2ccc(OC)cc2OC)cc1. The number of rotatable bonds is 6. The highest BCUT2D eigenvalue weighted by atomic mass is 16.5. The lowest BCUT2D eigenvalue weighted by Gasteiger charge is -2.10. The molecule has 0 aromatic heterocycles. The van der Waals surface area contributed by atoms with E-state index in [2.05, 4.69) is 10.5 Å². The molecule has 0 spiro atoms. The Kier molecular flexibility index (Phi) is 5.78. The van der Waals surface area contributed by atoms with Gasteiger partial charge in [0, 0.05) is 17.2 Å². The Morgan fingerprint density at radius 1 is 0.917 bits per heavy atom. The van der Waals surface area contributed by atoms with Gasteiger partial charge in [0.2, 0.25) is 0 Å². The number of hydrogen-bond donors (Lipinski definition) is 1. The second-order valence-corrected chi connectivity index (χ2v) is 4.93. The molecule has 2 aromatic rings. The van der Waals surface area contributed by atoms with E-state index in [0.29, 0.717) is 28.5 Å². The van der Waals surface area contributed by atoms with Crippen LogP contribution in [-0.4, -0.2) is 32.9 Å². The van der Waals surface area contributed by atoms with E-state index < -0.39 is 0 Å². The Morgan fingerprint density at radius 3 is 2.12 bits per heavy atom. The van der Waals surface area contributed by atoms with Gasteiger partial charge in [-0.3, -0.25) is 4.79 Å². The highest BCUT2D eigenvalue weighted by Gasteiger charge is 2.09. The molecule has 0 unspecified atom stereocenters. The number of hydrogen-bond acceptors (Lipinski definition) is 5. The van der Waals surface area contributed by atoms with Gasteiger partial charge in [-0.1, -0.05) is 0 Å². The van der Waals surface area contributed by atoms with Crippen LogP contribution in [0.4, 0.5) is 0 Å². The molecule has 6 heteroatoms. The topological polar surface area (TPSA) is 69.2 Å². The van der Waals surface area contributed by atoms with Crippen LogP contribution in [0.5, 0.6) is 17.2 Å². The molecule has 0 heterocycles. The Balaban J connectivity index is 2.14. The van der Waals surface area contributed by atoms with Crippen LogP contribution in [0.3, 0.4) is 0 Å². The predicted molar refractivity (Wildman–Crippen MR) is 92.2 cm³/mol. The number of carbonyl (C=O) groups is 1. The average molecular weight is 328 g/mol. The van der Waals surface area contributed by atoms with Crippen LogP contribution in [0.2, 0.25) is 0 Å². The first-order valence-electron chi connectivity index (χ1n) is 7.30. The molecule has 0 aliphatic carbocycles. The first-order chi connectivity index (χ1) is 11.6. The monoisotopic (exact) mass is 328 g/mol. The summed E-state index contributed by atoms with van der Waals surface area (Å²) in [6, 6.07) is 12.2. The molecule has 0 bridgehead atoms. The zero-order chi connectivity index (χ0) is 17.5. The normalized spacial score (nSPS) is 10.9. The molecule has 24 heavy (non-hydrogen) atoms. The maximum Gasteiger partial charge on any atom is 0.271 e. The van der Waals surface area contributed by atoms with Gasteiger partial charge in [0.05, 0.1) is 27.0 Å². The van der Waals surface area contributed by atoms with Crippen molar-refractivity contribution < 1.29 is 19.0 Å². The molecule has 0 aliphatic heterocycles. The molecule has 0 aliphatic rings. The Morgan fingerprint density at radius 2 is 1.54 bits per heavy atom. The number of nitrogens with one attached hydrogen (secondary N) is 1. The molecule has 0 fully saturated rings. The lowest BCUT2D eigenvalue weighted by Crippen LogP contribution is -2.19. The van der Waals surface area contributed by atoms with Gasteiger partial charge in [0.25, 0.3) is 5.91 Å². The van der Waals surface area contributed by atoms with Gasteiger partial charge in [0.1, 0.15) is 17.2 Å². The van der Waals surface area contributed by atoms with Crippen molar-refractivity contribution in [3.63, 3.8) is 0 Å². The average Bonchev–Trinajstić information content (AvgIpc) is 2.65. The number of hydrazone groups is 1. The summed E-state index contributed by atoms with van der Waals surface area (Å²) in [4.78, 5) is 12.1. The Hall–Kier alpha value is -3.02. The van der Waals surface area contributed by atoms with E-state index in [0.717, 1.165) is 5.56 Å². The first-order valence-corrected chi connectivity index (χ1v) is 7.30. The van der Waals surface area contributed by atoms with Gasteiger partial charge in [-0.05, 0) is 43.3 Å². The number of carbonyl (C=O) groups excluding carboxylic acids is 1. The van der Waals surface area contributed by atoms with Crippen LogP contribution in [-0.2, 0) is 0 Å². The summed E-state index contributed by atoms with van der Waals surface area (Å²) in [5.41, 5.74) is 4.42. The molecule has 6 nitrogen and oxygen atoms in total. The predicted octanol–water partition coefficient (Wildman–Crippen LogP) is 2.87. The lowest BCUT2D eigenvalue weighted by molar-refractivity contribution is 0.0955. The van der Waals surface area contributed by atoms with Crippen LogP contribution in [0.15, 0.2) is 47.6 Å². The summed E-state index contributed by atoms with van der Waals surface area (Å²) in [5.74, 6) is 1.69. The minimum Gasteiger partial charge on any atom is -0.497 e. The molecular formula is C18H20N2O4. The summed E-state index contributed by atoms with van der Waals surface area (Å²) >= 11 is 0.